The average Bonchev–Trinajstić information content (AvgIpc) is 3.36. The lowest BCUT2D eigenvalue weighted by Crippen LogP contribution is -2.36. The van der Waals surface area contributed by atoms with Crippen LogP contribution in [0.3, 0.4) is 0 Å². The van der Waals surface area contributed by atoms with Gasteiger partial charge in [-0.05, 0) is 30.5 Å². The number of hydrogen-bond acceptors (Lipinski definition) is 5. The molecule has 0 fully saturated rings. The molecule has 1 aliphatic heterocycles. The predicted molar refractivity (Wildman–Crippen MR) is 147 cm³/mol. The highest BCUT2D eigenvalue weighted by molar-refractivity contribution is 9.09. The van der Waals surface area contributed by atoms with Gasteiger partial charge in [-0.3, -0.25) is 4.79 Å². The number of fused-ring (bicyclic) bond motifs is 3. The molecule has 184 valence electrons. The topological polar surface area (TPSA) is 68.9 Å². The second-order valence-corrected chi connectivity index (χ2v) is 9.71. The summed E-state index contributed by atoms with van der Waals surface area (Å²) in [6, 6.07) is 30.2. The van der Waals surface area contributed by atoms with Gasteiger partial charge in [-0.15, -0.1) is 0 Å². The molecule has 0 aliphatic carbocycles. The van der Waals surface area contributed by atoms with Crippen LogP contribution in [0.15, 0.2) is 106 Å². The van der Waals surface area contributed by atoms with Crippen LogP contribution in [0.1, 0.15) is 23.1 Å². The van der Waals surface area contributed by atoms with Crippen LogP contribution >= 0.6 is 15.9 Å². The number of hydrogen-bond donors (Lipinski definition) is 1. The van der Waals surface area contributed by atoms with Gasteiger partial charge < -0.3 is 19.0 Å². The van der Waals surface area contributed by atoms with E-state index in [1.807, 2.05) is 84.9 Å². The fourth-order valence-electron chi connectivity index (χ4n) is 4.71. The molecule has 1 aliphatic rings. The lowest BCUT2D eigenvalue weighted by Gasteiger charge is -2.28. The smallest absolute Gasteiger partial charge is 0.305 e. The Morgan fingerprint density at radius 1 is 0.784 bits per heavy atom. The zero-order valence-corrected chi connectivity index (χ0v) is 21.4. The Bertz CT molecular complexity index is 1590. The van der Waals surface area contributed by atoms with Gasteiger partial charge in [0, 0.05) is 22.0 Å². The molecule has 0 atom stereocenters. The number of halogens is 1. The minimum Gasteiger partial charge on any atom is -0.502 e. The summed E-state index contributed by atoms with van der Waals surface area (Å²) < 4.78 is 19.3. The molecule has 5 aromatic rings. The Morgan fingerprint density at radius 3 is 2.05 bits per heavy atom. The van der Waals surface area contributed by atoms with Crippen molar-refractivity contribution in [1.82, 2.24) is 0 Å². The van der Waals surface area contributed by atoms with E-state index in [1.54, 1.807) is 12.1 Å². The van der Waals surface area contributed by atoms with Crippen LogP contribution in [-0.4, -0.2) is 10.4 Å². The molecule has 0 saturated heterocycles. The first-order valence-corrected chi connectivity index (χ1v) is 13.2. The van der Waals surface area contributed by atoms with Crippen molar-refractivity contribution in [2.75, 3.05) is 5.33 Å². The van der Waals surface area contributed by atoms with Crippen LogP contribution in [0.4, 0.5) is 0 Å². The van der Waals surface area contributed by atoms with Gasteiger partial charge in [0.15, 0.2) is 17.1 Å². The number of rotatable bonds is 6. The van der Waals surface area contributed by atoms with E-state index < -0.39 is 17.0 Å². The number of alkyl halides is 1. The number of benzene rings is 4. The first-order valence-electron chi connectivity index (χ1n) is 12.1. The quantitative estimate of drug-likeness (QED) is 0.225. The minimum atomic E-state index is -1.26. The van der Waals surface area contributed by atoms with Crippen LogP contribution in [0.5, 0.6) is 17.2 Å². The molecule has 0 bridgehead atoms. The highest BCUT2D eigenvalue weighted by Gasteiger charge is 2.46. The molecule has 5 nitrogen and oxygen atoms in total. The van der Waals surface area contributed by atoms with E-state index >= 15 is 0 Å². The maximum atomic E-state index is 13.2. The Morgan fingerprint density at radius 2 is 1.43 bits per heavy atom. The molecule has 0 saturated carbocycles. The Labute approximate surface area is 222 Å². The summed E-state index contributed by atoms with van der Waals surface area (Å²) in [4.78, 5) is 13.2. The predicted octanol–water partition coefficient (Wildman–Crippen LogP) is 7.17. The Hall–Kier alpha value is -4.03. The first-order chi connectivity index (χ1) is 18.1. The summed E-state index contributed by atoms with van der Waals surface area (Å²) in [6.45, 7) is 0. The summed E-state index contributed by atoms with van der Waals surface area (Å²) >= 11 is 3.46. The van der Waals surface area contributed by atoms with Crippen molar-refractivity contribution < 1.29 is 19.0 Å². The van der Waals surface area contributed by atoms with E-state index in [2.05, 4.69) is 15.9 Å². The van der Waals surface area contributed by atoms with Crippen LogP contribution in [0.2, 0.25) is 0 Å². The van der Waals surface area contributed by atoms with Gasteiger partial charge in [0.1, 0.15) is 0 Å². The fraction of sp³-hybridized carbons (Fsp3) is 0.129. The third-order valence-corrected chi connectivity index (χ3v) is 7.14. The number of aromatic hydroxyl groups is 1. The monoisotopic (exact) mass is 554 g/mol. The van der Waals surface area contributed by atoms with Crippen molar-refractivity contribution in [1.29, 1.82) is 0 Å². The molecule has 0 amide bonds. The normalized spacial score (nSPS) is 13.6. The Kier molecular flexibility index (Phi) is 5.97. The maximum Gasteiger partial charge on any atom is 0.305 e. The van der Waals surface area contributed by atoms with E-state index in [4.69, 9.17) is 13.9 Å². The summed E-state index contributed by atoms with van der Waals surface area (Å²) in [5.74, 6) is -0.828. The SMILES string of the molecule is O=c1c(O)c(-c2ccc(CCCBr)cc2)oc2c3c(ccc12)OC(c1ccccc1)(c1ccccc1)O3. The summed E-state index contributed by atoms with van der Waals surface area (Å²) in [5, 5.41) is 11.9. The average molecular weight is 555 g/mol. The summed E-state index contributed by atoms with van der Waals surface area (Å²) in [6.07, 6.45) is 1.95. The van der Waals surface area contributed by atoms with Gasteiger partial charge in [-0.2, -0.15) is 0 Å². The largest absolute Gasteiger partial charge is 0.502 e. The second kappa shape index (κ2) is 9.45. The molecule has 37 heavy (non-hydrogen) atoms. The lowest BCUT2D eigenvalue weighted by atomic mass is 9.97. The van der Waals surface area contributed by atoms with Crippen molar-refractivity contribution in [3.05, 3.63) is 124 Å². The van der Waals surface area contributed by atoms with Gasteiger partial charge in [-0.1, -0.05) is 101 Å². The zero-order chi connectivity index (χ0) is 25.4. The second-order valence-electron chi connectivity index (χ2n) is 8.92. The van der Waals surface area contributed by atoms with Crippen LogP contribution in [0.25, 0.3) is 22.3 Å². The molecule has 1 N–H and O–H groups in total. The molecule has 6 rings (SSSR count). The molecule has 0 radical (unpaired) electrons. The van der Waals surface area contributed by atoms with Crippen molar-refractivity contribution in [2.24, 2.45) is 0 Å². The molecule has 0 unspecified atom stereocenters. The van der Waals surface area contributed by atoms with E-state index in [0.29, 0.717) is 17.1 Å². The molecule has 2 heterocycles. The minimum absolute atomic E-state index is 0.0958. The molecule has 4 aromatic carbocycles. The zero-order valence-electron chi connectivity index (χ0n) is 19.8. The third kappa shape index (κ3) is 3.98. The summed E-state index contributed by atoms with van der Waals surface area (Å²) in [7, 11) is 0. The van der Waals surface area contributed by atoms with E-state index in [9.17, 15) is 9.90 Å². The molecular weight excluding hydrogens is 532 g/mol. The van der Waals surface area contributed by atoms with Gasteiger partial charge in [0.2, 0.25) is 16.9 Å². The number of aryl methyl sites for hydroxylation is 1. The van der Waals surface area contributed by atoms with Gasteiger partial charge in [0.25, 0.3) is 0 Å². The molecular formula is C31H23BrO5. The standard InChI is InChI=1S/C31H23BrO5/c32-19-7-8-20-13-15-21(16-14-20)28-27(34)26(33)24-17-18-25-30(29(24)35-28)37-31(36-25,22-9-3-1-4-10-22)23-11-5-2-6-12-23/h1-6,9-18,34H,7-8,19H2. The fourth-order valence-corrected chi connectivity index (χ4v) is 4.99. The highest BCUT2D eigenvalue weighted by atomic mass is 79.9. The highest BCUT2D eigenvalue weighted by Crippen LogP contribution is 2.51. The molecule has 6 heteroatoms. The van der Waals surface area contributed by atoms with Gasteiger partial charge >= 0.3 is 5.79 Å². The number of ether oxygens (including phenoxy) is 2. The van der Waals surface area contributed by atoms with Crippen molar-refractivity contribution >= 4 is 26.9 Å². The van der Waals surface area contributed by atoms with Crippen LogP contribution in [0, 0.1) is 0 Å². The van der Waals surface area contributed by atoms with E-state index in [-0.39, 0.29) is 16.7 Å². The third-order valence-electron chi connectivity index (χ3n) is 6.58. The van der Waals surface area contributed by atoms with Crippen molar-refractivity contribution in [3.63, 3.8) is 0 Å². The van der Waals surface area contributed by atoms with Crippen molar-refractivity contribution in [2.45, 2.75) is 18.6 Å². The van der Waals surface area contributed by atoms with Crippen LogP contribution < -0.4 is 14.9 Å². The van der Waals surface area contributed by atoms with Gasteiger partial charge in [-0.25, -0.2) is 0 Å². The van der Waals surface area contributed by atoms with Gasteiger partial charge in [0.05, 0.1) is 5.39 Å². The maximum absolute atomic E-state index is 13.2. The first kappa shape index (κ1) is 23.4. The lowest BCUT2D eigenvalue weighted by molar-refractivity contribution is -0.0456. The molecule has 0 spiro atoms. The van der Waals surface area contributed by atoms with Crippen LogP contribution in [-0.2, 0) is 12.2 Å². The Balaban J connectivity index is 1.51. The van der Waals surface area contributed by atoms with E-state index in [0.717, 1.165) is 29.3 Å². The van der Waals surface area contributed by atoms with E-state index in [1.165, 1.54) is 5.56 Å². The summed E-state index contributed by atoms with van der Waals surface area (Å²) in [5.41, 5.74) is 3.07. The van der Waals surface area contributed by atoms with Crippen molar-refractivity contribution in [3.8, 4) is 28.6 Å². The molecule has 1 aromatic heterocycles.